The van der Waals surface area contributed by atoms with Crippen LogP contribution in [-0.2, 0) is 26.0 Å². The fraction of sp³-hybridized carbons (Fsp3) is 0.400. The fourth-order valence-corrected chi connectivity index (χ4v) is 7.18. The maximum absolute atomic E-state index is 13.8. The minimum Gasteiger partial charge on any atom is -0.870 e. The number of rotatable bonds is 12. The largest absolute Gasteiger partial charge is 0.870 e. The Balaban J connectivity index is 0.00000442. The van der Waals surface area contributed by atoms with Crippen LogP contribution in [-0.4, -0.2) is 50.0 Å². The van der Waals surface area contributed by atoms with Gasteiger partial charge in [0.25, 0.3) is 0 Å². The highest BCUT2D eigenvalue weighted by Crippen LogP contribution is 2.38. The zero-order valence-electron chi connectivity index (χ0n) is 23.5. The smallest absolute Gasteiger partial charge is 0.387 e. The van der Waals surface area contributed by atoms with Gasteiger partial charge in [-0.25, -0.2) is 13.4 Å². The number of benzene rings is 2. The lowest BCUT2D eigenvalue weighted by molar-refractivity contribution is -0.377. The van der Waals surface area contributed by atoms with E-state index in [-0.39, 0.29) is 41.3 Å². The van der Waals surface area contributed by atoms with Gasteiger partial charge in [-0.3, -0.25) is 4.79 Å². The first-order chi connectivity index (χ1) is 20.6. The second-order valence-corrected chi connectivity index (χ2v) is 13.2. The van der Waals surface area contributed by atoms with Crippen molar-refractivity contribution in [2.45, 2.75) is 62.2 Å². The number of alkyl halides is 2. The van der Waals surface area contributed by atoms with Crippen molar-refractivity contribution < 1.29 is 46.7 Å². The van der Waals surface area contributed by atoms with Crippen LogP contribution in [0.5, 0.6) is 11.5 Å². The van der Waals surface area contributed by atoms with Crippen molar-refractivity contribution in [2.75, 3.05) is 13.2 Å². The molecule has 0 spiro atoms. The third kappa shape index (κ3) is 8.16. The molecule has 14 heteroatoms. The van der Waals surface area contributed by atoms with Crippen LogP contribution in [0, 0.1) is 5.92 Å². The van der Waals surface area contributed by atoms with Gasteiger partial charge in [-0.1, -0.05) is 47.5 Å². The number of aromatic nitrogens is 1. The molecule has 44 heavy (non-hydrogen) atoms. The van der Waals surface area contributed by atoms with Gasteiger partial charge >= 0.3 is 12.6 Å². The first-order valence-corrected chi connectivity index (χ1v) is 16.2. The first kappa shape index (κ1) is 33.9. The van der Waals surface area contributed by atoms with E-state index in [2.05, 4.69) is 9.72 Å². The number of nitrogens with one attached hydrogen (secondary N) is 1. The van der Waals surface area contributed by atoms with Crippen LogP contribution >= 0.6 is 23.2 Å². The topological polar surface area (TPSA) is 126 Å². The van der Waals surface area contributed by atoms with E-state index in [0.29, 0.717) is 46.5 Å². The predicted octanol–water partition coefficient (Wildman–Crippen LogP) is 6.09. The van der Waals surface area contributed by atoms with Gasteiger partial charge in [0.05, 0.1) is 11.5 Å². The summed E-state index contributed by atoms with van der Waals surface area (Å²) < 4.78 is 71.1. The summed E-state index contributed by atoms with van der Waals surface area (Å²) in [5, 5.41) is 0.588. The molecule has 2 fully saturated rings. The third-order valence-corrected chi connectivity index (χ3v) is 10.0. The molecule has 1 saturated heterocycles. The zero-order valence-corrected chi connectivity index (χ0v) is 25.8. The predicted molar refractivity (Wildman–Crippen MR) is 157 cm³/mol. The molecule has 0 amide bonds. The van der Waals surface area contributed by atoms with Crippen molar-refractivity contribution in [3.8, 4) is 11.5 Å². The molecule has 1 saturated carbocycles. The van der Waals surface area contributed by atoms with Gasteiger partial charge in [0.1, 0.15) is 22.2 Å². The third-order valence-electron chi connectivity index (χ3n) is 7.45. The van der Waals surface area contributed by atoms with E-state index in [9.17, 15) is 22.0 Å². The molecule has 9 nitrogen and oxygen atoms in total. The van der Waals surface area contributed by atoms with Crippen molar-refractivity contribution in [1.82, 2.24) is 4.31 Å². The van der Waals surface area contributed by atoms with Gasteiger partial charge in [0.2, 0.25) is 10.0 Å². The van der Waals surface area contributed by atoms with Crippen molar-refractivity contribution in [3.63, 3.8) is 0 Å². The number of aromatic amines is 1. The van der Waals surface area contributed by atoms with Gasteiger partial charge < -0.3 is 19.7 Å². The Morgan fingerprint density at radius 2 is 1.70 bits per heavy atom. The van der Waals surface area contributed by atoms with Crippen molar-refractivity contribution >= 4 is 39.2 Å². The van der Waals surface area contributed by atoms with E-state index in [4.69, 9.17) is 32.7 Å². The van der Waals surface area contributed by atoms with Crippen LogP contribution in [0.2, 0.25) is 10.0 Å². The molecule has 0 unspecified atom stereocenters. The fourth-order valence-electron chi connectivity index (χ4n) is 4.98. The summed E-state index contributed by atoms with van der Waals surface area (Å²) >= 11 is 12.9. The lowest BCUT2D eigenvalue weighted by Crippen LogP contribution is -2.48. The quantitative estimate of drug-likeness (QED) is 0.213. The Morgan fingerprint density at radius 1 is 1.00 bits per heavy atom. The molecule has 0 bridgehead atoms. The number of carbonyl (C=O) groups is 1. The number of hydrogen-bond donors (Lipinski definition) is 0. The van der Waals surface area contributed by atoms with Gasteiger partial charge in [-0.05, 0) is 67.9 Å². The molecule has 2 heterocycles. The van der Waals surface area contributed by atoms with E-state index in [0.717, 1.165) is 12.8 Å². The summed E-state index contributed by atoms with van der Waals surface area (Å²) in [5.41, 5.74) is 0.889. The Hall–Kier alpha value is -3.03. The number of piperidine rings is 1. The van der Waals surface area contributed by atoms with Gasteiger partial charge in [-0.15, -0.1) is 0 Å². The van der Waals surface area contributed by atoms with Crippen molar-refractivity contribution in [1.29, 1.82) is 0 Å². The van der Waals surface area contributed by atoms with Crippen LogP contribution in [0.15, 0.2) is 65.8 Å². The maximum atomic E-state index is 13.8. The molecule has 1 aliphatic heterocycles. The average molecular weight is 674 g/mol. The summed E-state index contributed by atoms with van der Waals surface area (Å²) in [6, 6.07) is 11.2. The van der Waals surface area contributed by atoms with Crippen LogP contribution in [0.3, 0.4) is 0 Å². The van der Waals surface area contributed by atoms with E-state index in [1.54, 1.807) is 18.2 Å². The highest BCUT2D eigenvalue weighted by molar-refractivity contribution is 7.89. The van der Waals surface area contributed by atoms with Gasteiger partial charge in [0, 0.05) is 18.5 Å². The second kappa shape index (κ2) is 14.8. The Morgan fingerprint density at radius 3 is 2.36 bits per heavy atom. The second-order valence-electron chi connectivity index (χ2n) is 10.5. The van der Waals surface area contributed by atoms with E-state index in [1.165, 1.54) is 47.0 Å². The minimum atomic E-state index is -3.98. The van der Waals surface area contributed by atoms with E-state index in [1.807, 2.05) is 0 Å². The number of esters is 1. The summed E-state index contributed by atoms with van der Waals surface area (Å²) in [6.45, 7) is -2.58. The highest BCUT2D eigenvalue weighted by Gasteiger charge is 2.40. The average Bonchev–Trinajstić information content (AvgIpc) is 3.83. The summed E-state index contributed by atoms with van der Waals surface area (Å²) in [5.74, 6) is -0.483. The number of nitrogens with zero attached hydrogens (tertiary/aromatic N) is 1. The van der Waals surface area contributed by atoms with E-state index >= 15 is 0 Å². The van der Waals surface area contributed by atoms with Gasteiger partial charge in [-0.2, -0.15) is 13.1 Å². The molecule has 3 aromatic rings. The molecule has 0 radical (unpaired) electrons. The zero-order chi connectivity index (χ0) is 30.6. The number of pyridine rings is 1. The van der Waals surface area contributed by atoms with Crippen molar-refractivity contribution in [3.05, 3.63) is 82.1 Å². The Labute approximate surface area is 264 Å². The lowest BCUT2D eigenvalue weighted by atomic mass is 10.0. The standard InChI is InChI=1S/C30H30Cl2F2N2O6S.H2O/c31-23-16-35-17-24(32)22(23)15-27(20-11-12-26(42-30(33)34)28(14-20)40-18-19-9-10-19)41-29(37)25-8-4-5-13-36(25)43(38,39)21-6-2-1-3-7-21;/h1-3,6-7,11-12,14,16-17,19,25,27,30H,4-5,8-10,13,15,18H2;1H2/t25-,27-;/m0./s1. The summed E-state index contributed by atoms with van der Waals surface area (Å²) in [6.07, 6.45) is 5.53. The molecule has 2 atom stereocenters. The van der Waals surface area contributed by atoms with Crippen molar-refractivity contribution in [2.24, 2.45) is 5.92 Å². The lowest BCUT2D eigenvalue weighted by Gasteiger charge is -2.34. The van der Waals surface area contributed by atoms with Crippen LogP contribution in [0.1, 0.15) is 49.3 Å². The molecule has 1 aromatic heterocycles. The minimum absolute atomic E-state index is 0. The monoisotopic (exact) mass is 672 g/mol. The normalized spacial score (nSPS) is 17.9. The number of sulfonamides is 1. The molecule has 2 aromatic carbocycles. The first-order valence-electron chi connectivity index (χ1n) is 14.0. The summed E-state index contributed by atoms with van der Waals surface area (Å²) in [7, 11) is -3.98. The molecule has 5 rings (SSSR count). The Kier molecular flexibility index (Phi) is 11.4. The van der Waals surface area contributed by atoms with Crippen LogP contribution in [0.4, 0.5) is 8.78 Å². The number of halogens is 4. The Bertz CT molecular complexity index is 1530. The number of hydrogen-bond acceptors (Lipinski definition) is 7. The van der Waals surface area contributed by atoms with Crippen LogP contribution in [0.25, 0.3) is 0 Å². The highest BCUT2D eigenvalue weighted by atomic mass is 35.5. The molecular weight excluding hydrogens is 641 g/mol. The maximum Gasteiger partial charge on any atom is 0.387 e. The molecule has 1 aliphatic carbocycles. The summed E-state index contributed by atoms with van der Waals surface area (Å²) in [4.78, 5) is 16.7. The SMILES string of the molecule is O=C(O[C@@H](Cc1c(Cl)c[nH+]cc1Cl)c1ccc(OC(F)F)c(OCC2CC2)c1)[C@@H]1CCCCN1S(=O)(=O)c1ccccc1.[OH-]. The molecule has 2 N–H and O–H groups in total. The number of carbonyl (C=O) groups excluding carboxylic acids is 1. The number of ether oxygens (including phenoxy) is 3. The van der Waals surface area contributed by atoms with Gasteiger partial charge in [0.15, 0.2) is 23.9 Å². The molecule has 238 valence electrons. The van der Waals surface area contributed by atoms with Crippen LogP contribution < -0.4 is 14.5 Å². The molecule has 2 aliphatic rings. The molecular formula is C30H32Cl2F2N2O7S. The number of H-pyrrole nitrogens is 1. The van der Waals surface area contributed by atoms with E-state index < -0.39 is 34.7 Å².